The van der Waals surface area contributed by atoms with Gasteiger partial charge < -0.3 is 5.11 Å². The molecule has 1 aliphatic rings. The maximum Gasteiger partial charge on any atom is 0.0586 e. The monoisotopic (exact) mass is 171 g/mol. The highest BCUT2D eigenvalue weighted by Crippen LogP contribution is 2.16. The number of aliphatic hydroxyl groups excluding tert-OH is 1. The van der Waals surface area contributed by atoms with Gasteiger partial charge in [0.05, 0.1) is 6.61 Å². The summed E-state index contributed by atoms with van der Waals surface area (Å²) >= 11 is 0. The molecular formula is C10H21NO. The van der Waals surface area contributed by atoms with Crippen LogP contribution in [0, 0.1) is 0 Å². The van der Waals surface area contributed by atoms with Crippen LogP contribution >= 0.6 is 0 Å². The molecule has 0 amide bonds. The quantitative estimate of drug-likeness (QED) is 0.636. The second-order valence-corrected chi connectivity index (χ2v) is 3.72. The van der Waals surface area contributed by atoms with E-state index in [0.717, 1.165) is 0 Å². The van der Waals surface area contributed by atoms with E-state index in [0.29, 0.717) is 12.6 Å². The Balaban J connectivity index is 2.12. The number of aliphatic hydroxyl groups is 1. The fourth-order valence-corrected chi connectivity index (χ4v) is 1.96. The van der Waals surface area contributed by atoms with Gasteiger partial charge in [-0.1, -0.05) is 19.8 Å². The second-order valence-electron chi connectivity index (χ2n) is 3.72. The lowest BCUT2D eigenvalue weighted by Crippen LogP contribution is -2.32. The molecule has 12 heavy (non-hydrogen) atoms. The summed E-state index contributed by atoms with van der Waals surface area (Å²) in [6, 6.07) is 0.474. The van der Waals surface area contributed by atoms with Crippen LogP contribution in [0.2, 0.25) is 0 Å². The fourth-order valence-electron chi connectivity index (χ4n) is 1.96. The van der Waals surface area contributed by atoms with Crippen molar-refractivity contribution in [3.8, 4) is 0 Å². The van der Waals surface area contributed by atoms with Gasteiger partial charge in [0.2, 0.25) is 0 Å². The third-order valence-corrected chi connectivity index (χ3v) is 2.76. The Morgan fingerprint density at radius 1 is 1.42 bits per heavy atom. The second kappa shape index (κ2) is 5.55. The molecule has 2 nitrogen and oxygen atoms in total. The summed E-state index contributed by atoms with van der Waals surface area (Å²) in [6.07, 6.45) is 6.39. The zero-order valence-electron chi connectivity index (χ0n) is 8.13. The zero-order chi connectivity index (χ0) is 8.81. The first-order valence-electron chi connectivity index (χ1n) is 5.23. The van der Waals surface area contributed by atoms with Gasteiger partial charge in [0.25, 0.3) is 0 Å². The summed E-state index contributed by atoms with van der Waals surface area (Å²) in [4.78, 5) is 2.44. The normalized spacial score (nSPS) is 25.0. The third-order valence-electron chi connectivity index (χ3n) is 2.76. The molecule has 1 aliphatic heterocycles. The van der Waals surface area contributed by atoms with Gasteiger partial charge in [0, 0.05) is 6.04 Å². The summed E-state index contributed by atoms with van der Waals surface area (Å²) in [5, 5.41) is 9.05. The van der Waals surface area contributed by atoms with Crippen molar-refractivity contribution in [2.75, 3.05) is 19.7 Å². The van der Waals surface area contributed by atoms with Crippen LogP contribution in [0.3, 0.4) is 0 Å². The van der Waals surface area contributed by atoms with Crippen LogP contribution < -0.4 is 0 Å². The molecular weight excluding hydrogens is 150 g/mol. The highest BCUT2D eigenvalue weighted by molar-refractivity contribution is 4.77. The highest BCUT2D eigenvalue weighted by Gasteiger charge is 2.22. The standard InChI is InChI=1S/C10H21NO/c1-2-3-4-7-11-8-5-6-10(11)9-12/h10,12H,2-9H2,1H3/t10-/m0/s1. The Morgan fingerprint density at radius 3 is 2.92 bits per heavy atom. The summed E-state index contributed by atoms with van der Waals surface area (Å²) in [6.45, 7) is 4.98. The number of hydrogen-bond acceptors (Lipinski definition) is 2. The first kappa shape index (κ1) is 10.0. The van der Waals surface area contributed by atoms with Crippen molar-refractivity contribution in [2.45, 2.75) is 45.1 Å². The number of likely N-dealkylation sites (tertiary alicyclic amines) is 1. The average Bonchev–Trinajstić information content (AvgIpc) is 2.52. The minimum Gasteiger partial charge on any atom is -0.395 e. The van der Waals surface area contributed by atoms with Gasteiger partial charge in [0.15, 0.2) is 0 Å². The first-order valence-corrected chi connectivity index (χ1v) is 5.23. The molecule has 0 aromatic rings. The maximum atomic E-state index is 9.05. The molecule has 0 bridgehead atoms. The minimum atomic E-state index is 0.353. The molecule has 0 aliphatic carbocycles. The van der Waals surface area contributed by atoms with Gasteiger partial charge in [-0.15, -0.1) is 0 Å². The number of nitrogens with zero attached hydrogens (tertiary/aromatic N) is 1. The minimum absolute atomic E-state index is 0.353. The number of unbranched alkanes of at least 4 members (excludes halogenated alkanes) is 2. The molecule has 0 aromatic heterocycles. The molecule has 72 valence electrons. The summed E-state index contributed by atoms with van der Waals surface area (Å²) < 4.78 is 0. The molecule has 1 heterocycles. The molecule has 0 unspecified atom stereocenters. The van der Waals surface area contributed by atoms with Crippen molar-refractivity contribution in [1.82, 2.24) is 4.90 Å². The van der Waals surface area contributed by atoms with E-state index in [1.165, 1.54) is 45.2 Å². The summed E-state index contributed by atoms with van der Waals surface area (Å²) in [7, 11) is 0. The average molecular weight is 171 g/mol. The van der Waals surface area contributed by atoms with E-state index in [4.69, 9.17) is 5.11 Å². The molecule has 1 N–H and O–H groups in total. The van der Waals surface area contributed by atoms with Crippen molar-refractivity contribution in [3.05, 3.63) is 0 Å². The Kier molecular flexibility index (Phi) is 4.62. The molecule has 1 fully saturated rings. The van der Waals surface area contributed by atoms with Gasteiger partial charge in [0.1, 0.15) is 0 Å². The van der Waals surface area contributed by atoms with Crippen molar-refractivity contribution < 1.29 is 5.11 Å². The van der Waals surface area contributed by atoms with Crippen molar-refractivity contribution in [3.63, 3.8) is 0 Å². The van der Waals surface area contributed by atoms with Crippen molar-refractivity contribution >= 4 is 0 Å². The molecule has 1 atom stereocenters. The van der Waals surface area contributed by atoms with E-state index in [2.05, 4.69) is 11.8 Å². The van der Waals surface area contributed by atoms with Crippen LogP contribution in [0.15, 0.2) is 0 Å². The molecule has 0 saturated carbocycles. The van der Waals surface area contributed by atoms with Crippen molar-refractivity contribution in [1.29, 1.82) is 0 Å². The van der Waals surface area contributed by atoms with Gasteiger partial charge >= 0.3 is 0 Å². The van der Waals surface area contributed by atoms with E-state index >= 15 is 0 Å². The van der Waals surface area contributed by atoms with Crippen LogP contribution in [0.5, 0.6) is 0 Å². The lowest BCUT2D eigenvalue weighted by Gasteiger charge is -2.22. The maximum absolute atomic E-state index is 9.05. The van der Waals surface area contributed by atoms with E-state index in [1.54, 1.807) is 0 Å². The topological polar surface area (TPSA) is 23.5 Å². The summed E-state index contributed by atoms with van der Waals surface area (Å²) in [5.41, 5.74) is 0. The molecule has 2 heteroatoms. The zero-order valence-corrected chi connectivity index (χ0v) is 8.13. The summed E-state index contributed by atoms with van der Waals surface area (Å²) in [5.74, 6) is 0. The van der Waals surface area contributed by atoms with E-state index in [9.17, 15) is 0 Å². The van der Waals surface area contributed by atoms with Crippen LogP contribution in [0.4, 0.5) is 0 Å². The lowest BCUT2D eigenvalue weighted by molar-refractivity contribution is 0.157. The van der Waals surface area contributed by atoms with Crippen LogP contribution in [0.1, 0.15) is 39.0 Å². The largest absolute Gasteiger partial charge is 0.395 e. The van der Waals surface area contributed by atoms with Crippen LogP contribution in [-0.2, 0) is 0 Å². The van der Waals surface area contributed by atoms with Gasteiger partial charge in [-0.25, -0.2) is 0 Å². The number of hydrogen-bond donors (Lipinski definition) is 1. The molecule has 1 saturated heterocycles. The predicted octanol–water partition coefficient (Wildman–Crippen LogP) is 1.63. The molecule has 0 radical (unpaired) electrons. The Hall–Kier alpha value is -0.0800. The number of rotatable bonds is 5. The molecule has 0 aromatic carbocycles. The van der Waals surface area contributed by atoms with Gasteiger partial charge in [-0.3, -0.25) is 4.90 Å². The smallest absolute Gasteiger partial charge is 0.0586 e. The Morgan fingerprint density at radius 2 is 2.25 bits per heavy atom. The van der Waals surface area contributed by atoms with Crippen LogP contribution in [-0.4, -0.2) is 35.7 Å². The lowest BCUT2D eigenvalue weighted by atomic mass is 10.2. The molecule has 1 rings (SSSR count). The SMILES string of the molecule is CCCCCN1CCC[C@H]1CO. The van der Waals surface area contributed by atoms with E-state index < -0.39 is 0 Å². The van der Waals surface area contributed by atoms with Crippen LogP contribution in [0.25, 0.3) is 0 Å². The Labute approximate surface area is 75.6 Å². The highest BCUT2D eigenvalue weighted by atomic mass is 16.3. The third kappa shape index (κ3) is 2.76. The molecule has 0 spiro atoms. The van der Waals surface area contributed by atoms with Gasteiger partial charge in [-0.05, 0) is 32.4 Å². The fraction of sp³-hybridized carbons (Fsp3) is 1.00. The predicted molar refractivity (Wildman–Crippen MR) is 51.2 cm³/mol. The van der Waals surface area contributed by atoms with E-state index in [-0.39, 0.29) is 0 Å². The Bertz CT molecular complexity index is 116. The van der Waals surface area contributed by atoms with Gasteiger partial charge in [-0.2, -0.15) is 0 Å². The van der Waals surface area contributed by atoms with Crippen molar-refractivity contribution in [2.24, 2.45) is 0 Å². The van der Waals surface area contributed by atoms with E-state index in [1.807, 2.05) is 0 Å². The first-order chi connectivity index (χ1) is 5.88.